The summed E-state index contributed by atoms with van der Waals surface area (Å²) in [4.78, 5) is 0. The van der Waals surface area contributed by atoms with Gasteiger partial charge in [-0.2, -0.15) is 0 Å². The molecule has 0 amide bonds. The summed E-state index contributed by atoms with van der Waals surface area (Å²) in [5.74, 6) is 0.329. The lowest BCUT2D eigenvalue weighted by atomic mass is 9.78. The van der Waals surface area contributed by atoms with Gasteiger partial charge in [-0.05, 0) is 30.0 Å². The van der Waals surface area contributed by atoms with Crippen molar-refractivity contribution in [3.63, 3.8) is 0 Å². The number of halogens is 1. The molecule has 1 aromatic carbocycles. The predicted octanol–water partition coefficient (Wildman–Crippen LogP) is 4.09. The molecular formula is C12H17IO. The standard InChI is InChI=1S/C12H17IO/c1-11(2,3)12(4,13)9-5-7-10(14)8-6-9/h5-8,14H,1-4H3. The molecule has 0 aliphatic rings. The van der Waals surface area contributed by atoms with Gasteiger partial charge in [-0.3, -0.25) is 0 Å². The molecule has 0 spiro atoms. The molecule has 0 bridgehead atoms. The van der Waals surface area contributed by atoms with E-state index in [2.05, 4.69) is 50.3 Å². The maximum absolute atomic E-state index is 9.22. The minimum atomic E-state index is 0.0818. The van der Waals surface area contributed by atoms with Crippen LogP contribution in [-0.2, 0) is 3.42 Å². The van der Waals surface area contributed by atoms with E-state index < -0.39 is 0 Å². The predicted molar refractivity (Wildman–Crippen MR) is 68.9 cm³/mol. The lowest BCUT2D eigenvalue weighted by Gasteiger charge is -2.37. The van der Waals surface area contributed by atoms with Crippen molar-refractivity contribution in [2.75, 3.05) is 0 Å². The van der Waals surface area contributed by atoms with E-state index in [1.165, 1.54) is 5.56 Å². The SMILES string of the molecule is CC(C)(C)C(C)(I)c1ccc(O)cc1. The summed E-state index contributed by atoms with van der Waals surface area (Å²) in [5, 5.41) is 9.22. The first-order chi connectivity index (χ1) is 6.25. The third kappa shape index (κ3) is 2.22. The first kappa shape index (κ1) is 11.8. The number of rotatable bonds is 1. The summed E-state index contributed by atoms with van der Waals surface area (Å²) in [5.41, 5.74) is 1.45. The van der Waals surface area contributed by atoms with Gasteiger partial charge in [-0.1, -0.05) is 55.5 Å². The minimum absolute atomic E-state index is 0.0818. The van der Waals surface area contributed by atoms with Crippen molar-refractivity contribution < 1.29 is 5.11 Å². The van der Waals surface area contributed by atoms with Gasteiger partial charge in [-0.25, -0.2) is 0 Å². The number of hydrogen-bond acceptors (Lipinski definition) is 1. The molecule has 1 atom stereocenters. The van der Waals surface area contributed by atoms with Crippen LogP contribution in [0.3, 0.4) is 0 Å². The largest absolute Gasteiger partial charge is 0.508 e. The Balaban J connectivity index is 3.10. The molecule has 0 heterocycles. The van der Waals surface area contributed by atoms with Crippen LogP contribution < -0.4 is 0 Å². The van der Waals surface area contributed by atoms with E-state index >= 15 is 0 Å². The van der Waals surface area contributed by atoms with Crippen LogP contribution in [0.25, 0.3) is 0 Å². The lowest BCUT2D eigenvalue weighted by Crippen LogP contribution is -2.30. The van der Waals surface area contributed by atoms with Crippen molar-refractivity contribution in [2.24, 2.45) is 5.41 Å². The smallest absolute Gasteiger partial charge is 0.115 e. The molecule has 0 aliphatic heterocycles. The summed E-state index contributed by atoms with van der Waals surface area (Å²) in [6.45, 7) is 8.91. The van der Waals surface area contributed by atoms with Gasteiger partial charge < -0.3 is 5.11 Å². The average Bonchev–Trinajstić information content (AvgIpc) is 2.03. The first-order valence-corrected chi connectivity index (χ1v) is 5.81. The maximum atomic E-state index is 9.22. The molecule has 0 fully saturated rings. The molecule has 0 aliphatic carbocycles. The Labute approximate surface area is 99.7 Å². The summed E-state index contributed by atoms with van der Waals surface area (Å²) in [6, 6.07) is 7.48. The fourth-order valence-corrected chi connectivity index (χ4v) is 1.57. The molecule has 0 saturated heterocycles. The fraction of sp³-hybridized carbons (Fsp3) is 0.500. The zero-order chi connectivity index (χ0) is 11.0. The fourth-order valence-electron chi connectivity index (χ4n) is 1.21. The summed E-state index contributed by atoms with van der Waals surface area (Å²) in [6.07, 6.45) is 0. The van der Waals surface area contributed by atoms with Crippen molar-refractivity contribution in [1.29, 1.82) is 0 Å². The number of phenols is 1. The number of alkyl halides is 1. The van der Waals surface area contributed by atoms with Gasteiger partial charge in [0.05, 0.1) is 0 Å². The second-order valence-corrected chi connectivity index (χ2v) is 6.96. The van der Waals surface area contributed by atoms with Crippen LogP contribution in [0.15, 0.2) is 24.3 Å². The maximum Gasteiger partial charge on any atom is 0.115 e. The molecule has 1 unspecified atom stereocenters. The van der Waals surface area contributed by atoms with Crippen LogP contribution in [-0.4, -0.2) is 5.11 Å². The van der Waals surface area contributed by atoms with Gasteiger partial charge in [0.25, 0.3) is 0 Å². The number of phenolic OH excluding ortho intramolecular Hbond substituents is 1. The second-order valence-electron chi connectivity index (χ2n) is 4.80. The zero-order valence-corrected chi connectivity index (χ0v) is 11.3. The lowest BCUT2D eigenvalue weighted by molar-refractivity contribution is 0.322. The average molecular weight is 304 g/mol. The second kappa shape index (κ2) is 3.72. The minimum Gasteiger partial charge on any atom is -0.508 e. The van der Waals surface area contributed by atoms with Crippen LogP contribution in [0.5, 0.6) is 5.75 Å². The van der Waals surface area contributed by atoms with Crippen molar-refractivity contribution >= 4 is 22.6 Å². The molecule has 1 rings (SSSR count). The van der Waals surface area contributed by atoms with Crippen molar-refractivity contribution in [1.82, 2.24) is 0 Å². The van der Waals surface area contributed by atoms with Crippen LogP contribution in [0.4, 0.5) is 0 Å². The third-order valence-electron chi connectivity index (χ3n) is 2.82. The van der Waals surface area contributed by atoms with E-state index in [1.807, 2.05) is 12.1 Å². The highest BCUT2D eigenvalue weighted by Crippen LogP contribution is 2.46. The monoisotopic (exact) mass is 304 g/mol. The summed E-state index contributed by atoms with van der Waals surface area (Å²) >= 11 is 2.48. The van der Waals surface area contributed by atoms with Crippen LogP contribution >= 0.6 is 22.6 Å². The van der Waals surface area contributed by atoms with E-state index in [1.54, 1.807) is 12.1 Å². The Morgan fingerprint density at radius 1 is 1.00 bits per heavy atom. The van der Waals surface area contributed by atoms with Gasteiger partial charge in [0.1, 0.15) is 5.75 Å². The van der Waals surface area contributed by atoms with Crippen LogP contribution in [0.2, 0.25) is 0 Å². The van der Waals surface area contributed by atoms with Crippen LogP contribution in [0, 0.1) is 5.41 Å². The molecule has 0 aromatic heterocycles. The highest BCUT2D eigenvalue weighted by atomic mass is 127. The topological polar surface area (TPSA) is 20.2 Å². The molecule has 0 radical (unpaired) electrons. The van der Waals surface area contributed by atoms with Crippen molar-refractivity contribution in [2.45, 2.75) is 31.1 Å². The van der Waals surface area contributed by atoms with Gasteiger partial charge in [0.15, 0.2) is 0 Å². The molecule has 1 N–H and O–H groups in total. The van der Waals surface area contributed by atoms with E-state index in [4.69, 9.17) is 0 Å². The zero-order valence-electron chi connectivity index (χ0n) is 9.13. The summed E-state index contributed by atoms with van der Waals surface area (Å²) < 4.78 is 0.0818. The number of benzene rings is 1. The molecular weight excluding hydrogens is 287 g/mol. The van der Waals surface area contributed by atoms with E-state index in [0.29, 0.717) is 5.75 Å². The highest BCUT2D eigenvalue weighted by Gasteiger charge is 2.36. The molecule has 1 aromatic rings. The molecule has 0 saturated carbocycles. The van der Waals surface area contributed by atoms with Crippen molar-refractivity contribution in [3.8, 4) is 5.75 Å². The van der Waals surface area contributed by atoms with Crippen molar-refractivity contribution in [3.05, 3.63) is 29.8 Å². The first-order valence-electron chi connectivity index (χ1n) is 4.73. The van der Waals surface area contributed by atoms with E-state index in [0.717, 1.165) is 0 Å². The molecule has 78 valence electrons. The molecule has 1 nitrogen and oxygen atoms in total. The highest BCUT2D eigenvalue weighted by molar-refractivity contribution is 14.1. The van der Waals surface area contributed by atoms with E-state index in [9.17, 15) is 5.11 Å². The van der Waals surface area contributed by atoms with Gasteiger partial charge in [-0.15, -0.1) is 0 Å². The Hall–Kier alpha value is -0.250. The van der Waals surface area contributed by atoms with Gasteiger partial charge in [0, 0.05) is 3.42 Å². The molecule has 2 heteroatoms. The Bertz CT molecular complexity index is 306. The van der Waals surface area contributed by atoms with Crippen LogP contribution in [0.1, 0.15) is 33.3 Å². The molecule has 14 heavy (non-hydrogen) atoms. The van der Waals surface area contributed by atoms with Gasteiger partial charge >= 0.3 is 0 Å². The Morgan fingerprint density at radius 3 is 1.79 bits per heavy atom. The number of hydrogen-bond donors (Lipinski definition) is 1. The van der Waals surface area contributed by atoms with Gasteiger partial charge in [0.2, 0.25) is 0 Å². The third-order valence-corrected chi connectivity index (χ3v) is 5.06. The number of aromatic hydroxyl groups is 1. The van der Waals surface area contributed by atoms with E-state index in [-0.39, 0.29) is 8.84 Å². The normalized spacial score (nSPS) is 16.4. The Kier molecular flexibility index (Phi) is 3.14. The Morgan fingerprint density at radius 2 is 1.43 bits per heavy atom. The quantitative estimate of drug-likeness (QED) is 0.612. The summed E-state index contributed by atoms with van der Waals surface area (Å²) in [7, 11) is 0.